The summed E-state index contributed by atoms with van der Waals surface area (Å²) in [6, 6.07) is 33.9. The maximum absolute atomic E-state index is 15.1. The molecule has 2 aliphatic rings. The molecular weight excluding hydrogens is 568 g/mol. The molecule has 1 saturated heterocycles. The first-order valence-electron chi connectivity index (χ1n) is 15.5. The lowest BCUT2D eigenvalue weighted by molar-refractivity contribution is -0.140. The van der Waals surface area contributed by atoms with Gasteiger partial charge in [-0.15, -0.1) is 0 Å². The molecule has 0 saturated carbocycles. The number of ether oxygens (including phenoxy) is 1. The molecule has 0 aliphatic carbocycles. The maximum atomic E-state index is 15.1. The molecule has 0 spiro atoms. The third kappa shape index (κ3) is 6.13. The van der Waals surface area contributed by atoms with Gasteiger partial charge in [0.25, 0.3) is 5.92 Å². The number of hydrogen-bond acceptors (Lipinski definition) is 6. The van der Waals surface area contributed by atoms with Crippen LogP contribution in [0.2, 0.25) is 0 Å². The van der Waals surface area contributed by atoms with E-state index in [0.717, 1.165) is 29.6 Å². The van der Waals surface area contributed by atoms with Crippen LogP contribution in [-0.4, -0.2) is 46.7 Å². The van der Waals surface area contributed by atoms with Crippen molar-refractivity contribution < 1.29 is 13.5 Å². The molecule has 6 nitrogen and oxygen atoms in total. The molecule has 0 atom stereocenters. The van der Waals surface area contributed by atoms with Gasteiger partial charge in [0.2, 0.25) is 5.95 Å². The highest BCUT2D eigenvalue weighted by atomic mass is 19.3. The molecule has 4 aromatic carbocycles. The summed E-state index contributed by atoms with van der Waals surface area (Å²) in [7, 11) is 0. The SMILES string of the molecule is Cc1ccc2nc(N3CCC(F)(F)c4ccccc4C3)nc(NCC3(N(Cc4ccccc4)Cc4ccccc4)COC3)c2c1. The van der Waals surface area contributed by atoms with Gasteiger partial charge in [0, 0.05) is 50.1 Å². The molecule has 3 heterocycles. The van der Waals surface area contributed by atoms with E-state index in [4.69, 9.17) is 14.7 Å². The second-order valence-corrected chi connectivity index (χ2v) is 12.3. The Hall–Kier alpha value is -4.40. The van der Waals surface area contributed by atoms with Gasteiger partial charge in [-0.05, 0) is 35.7 Å². The van der Waals surface area contributed by atoms with Crippen LogP contribution >= 0.6 is 0 Å². The van der Waals surface area contributed by atoms with Crippen molar-refractivity contribution in [3.8, 4) is 0 Å². The Kier molecular flexibility index (Phi) is 7.94. The van der Waals surface area contributed by atoms with Crippen LogP contribution in [0.1, 0.15) is 34.2 Å². The lowest BCUT2D eigenvalue weighted by Gasteiger charge is -2.50. The quantitative estimate of drug-likeness (QED) is 0.190. The third-order valence-corrected chi connectivity index (χ3v) is 9.02. The summed E-state index contributed by atoms with van der Waals surface area (Å²) in [6.45, 7) is 5.86. The zero-order valence-electron chi connectivity index (χ0n) is 25.4. The number of aromatic nitrogens is 2. The van der Waals surface area contributed by atoms with E-state index < -0.39 is 5.92 Å². The maximum Gasteiger partial charge on any atom is 0.275 e. The molecule has 7 rings (SSSR count). The molecule has 8 heteroatoms. The predicted octanol–water partition coefficient (Wildman–Crippen LogP) is 7.32. The Morgan fingerprint density at radius 3 is 2.18 bits per heavy atom. The van der Waals surface area contributed by atoms with Crippen LogP contribution in [0.5, 0.6) is 0 Å². The van der Waals surface area contributed by atoms with Crippen molar-refractivity contribution in [2.24, 2.45) is 0 Å². The lowest BCUT2D eigenvalue weighted by atomic mass is 9.92. The highest BCUT2D eigenvalue weighted by Crippen LogP contribution is 2.38. The number of benzene rings is 4. The monoisotopic (exact) mass is 605 g/mol. The van der Waals surface area contributed by atoms with Crippen LogP contribution in [0.3, 0.4) is 0 Å². The number of halogens is 2. The first-order chi connectivity index (χ1) is 21.9. The van der Waals surface area contributed by atoms with E-state index in [1.807, 2.05) is 42.2 Å². The zero-order valence-corrected chi connectivity index (χ0v) is 25.4. The fourth-order valence-electron chi connectivity index (χ4n) is 6.37. The number of anilines is 2. The van der Waals surface area contributed by atoms with Gasteiger partial charge in [0.05, 0.1) is 24.3 Å². The van der Waals surface area contributed by atoms with Crippen molar-refractivity contribution in [1.29, 1.82) is 0 Å². The van der Waals surface area contributed by atoms with Gasteiger partial charge in [-0.25, -0.2) is 13.8 Å². The normalized spacial score (nSPS) is 17.0. The van der Waals surface area contributed by atoms with Crippen molar-refractivity contribution in [1.82, 2.24) is 14.9 Å². The van der Waals surface area contributed by atoms with E-state index in [-0.39, 0.29) is 24.1 Å². The molecule has 2 aliphatic heterocycles. The van der Waals surface area contributed by atoms with Gasteiger partial charge in [-0.1, -0.05) is 96.6 Å². The highest BCUT2D eigenvalue weighted by molar-refractivity contribution is 5.90. The van der Waals surface area contributed by atoms with Gasteiger partial charge in [-0.2, -0.15) is 4.98 Å². The smallest absolute Gasteiger partial charge is 0.275 e. The minimum atomic E-state index is -2.90. The number of nitrogens with zero attached hydrogens (tertiary/aromatic N) is 4. The Morgan fingerprint density at radius 1 is 0.844 bits per heavy atom. The van der Waals surface area contributed by atoms with Crippen molar-refractivity contribution >= 4 is 22.7 Å². The zero-order chi connectivity index (χ0) is 30.9. The van der Waals surface area contributed by atoms with Crippen LogP contribution < -0.4 is 10.2 Å². The minimum Gasteiger partial charge on any atom is -0.377 e. The van der Waals surface area contributed by atoms with E-state index in [0.29, 0.717) is 43.6 Å². The number of nitrogens with one attached hydrogen (secondary N) is 1. The summed E-state index contributed by atoms with van der Waals surface area (Å²) in [5, 5.41) is 4.60. The topological polar surface area (TPSA) is 53.5 Å². The van der Waals surface area contributed by atoms with Gasteiger partial charge in [-0.3, -0.25) is 4.90 Å². The van der Waals surface area contributed by atoms with Crippen LogP contribution in [0.4, 0.5) is 20.5 Å². The van der Waals surface area contributed by atoms with Crippen molar-refractivity contribution in [3.63, 3.8) is 0 Å². The van der Waals surface area contributed by atoms with Crippen LogP contribution in [0, 0.1) is 6.92 Å². The van der Waals surface area contributed by atoms with E-state index in [1.54, 1.807) is 12.1 Å². The lowest BCUT2D eigenvalue weighted by Crippen LogP contribution is -2.65. The number of alkyl halides is 2. The molecular formula is C37H37F2N5O. The first kappa shape index (κ1) is 29.3. The summed E-state index contributed by atoms with van der Waals surface area (Å²) < 4.78 is 36.1. The second-order valence-electron chi connectivity index (χ2n) is 12.3. The van der Waals surface area contributed by atoms with Gasteiger partial charge < -0.3 is 15.0 Å². The first-order valence-corrected chi connectivity index (χ1v) is 15.5. The summed E-state index contributed by atoms with van der Waals surface area (Å²) in [5.41, 5.74) is 4.78. The molecule has 5 aromatic rings. The van der Waals surface area contributed by atoms with Crippen LogP contribution in [0.25, 0.3) is 10.9 Å². The van der Waals surface area contributed by atoms with E-state index in [1.165, 1.54) is 17.2 Å². The molecule has 0 bridgehead atoms. The Labute approximate surface area is 262 Å². The van der Waals surface area contributed by atoms with E-state index in [9.17, 15) is 0 Å². The molecule has 45 heavy (non-hydrogen) atoms. The van der Waals surface area contributed by atoms with Crippen molar-refractivity contribution in [3.05, 3.63) is 131 Å². The molecule has 1 fully saturated rings. The number of aryl methyl sites for hydroxylation is 1. The summed E-state index contributed by atoms with van der Waals surface area (Å²) in [6.07, 6.45) is -0.295. The second kappa shape index (κ2) is 12.2. The largest absolute Gasteiger partial charge is 0.377 e. The molecule has 1 N–H and O–H groups in total. The molecule has 0 unspecified atom stereocenters. The fraction of sp³-hybridized carbons (Fsp3) is 0.297. The fourth-order valence-corrected chi connectivity index (χ4v) is 6.37. The molecule has 0 radical (unpaired) electrons. The Morgan fingerprint density at radius 2 is 1.51 bits per heavy atom. The molecule has 1 aromatic heterocycles. The van der Waals surface area contributed by atoms with E-state index >= 15 is 8.78 Å². The highest BCUT2D eigenvalue weighted by Gasteiger charge is 2.44. The third-order valence-electron chi connectivity index (χ3n) is 9.02. The van der Waals surface area contributed by atoms with Gasteiger partial charge in [0.1, 0.15) is 5.82 Å². The van der Waals surface area contributed by atoms with Gasteiger partial charge >= 0.3 is 0 Å². The van der Waals surface area contributed by atoms with E-state index in [2.05, 4.69) is 64.8 Å². The number of hydrogen-bond donors (Lipinski definition) is 1. The standard InChI is InChI=1S/C37H37F2N5O/c1-27-16-17-33-31(20-27)34(42-35(41-33)43-19-18-37(38,39)32-15-9-8-14-30(32)23-43)40-24-36(25-45-26-36)44(21-28-10-4-2-5-11-28)22-29-12-6-3-7-13-29/h2-17,20H,18-19,21-26H2,1H3,(H,40,41,42). The summed E-state index contributed by atoms with van der Waals surface area (Å²) in [4.78, 5) is 14.3. The average molecular weight is 606 g/mol. The minimum absolute atomic E-state index is 0.0890. The van der Waals surface area contributed by atoms with Gasteiger partial charge in [0.15, 0.2) is 0 Å². The Balaban J connectivity index is 1.21. The van der Waals surface area contributed by atoms with Crippen molar-refractivity contribution in [2.45, 2.75) is 44.4 Å². The molecule has 0 amide bonds. The summed E-state index contributed by atoms with van der Waals surface area (Å²) >= 11 is 0. The number of fused-ring (bicyclic) bond motifs is 2. The average Bonchev–Trinajstić information content (AvgIpc) is 3.17. The summed E-state index contributed by atoms with van der Waals surface area (Å²) in [5.74, 6) is -1.75. The molecule has 230 valence electrons. The predicted molar refractivity (Wildman–Crippen MR) is 174 cm³/mol. The van der Waals surface area contributed by atoms with Crippen LogP contribution in [-0.2, 0) is 30.3 Å². The Bertz CT molecular complexity index is 1740. The van der Waals surface area contributed by atoms with Crippen molar-refractivity contribution in [2.75, 3.05) is 36.5 Å². The number of rotatable bonds is 9. The van der Waals surface area contributed by atoms with Crippen LogP contribution in [0.15, 0.2) is 103 Å².